The minimum atomic E-state index is -4.34. The Kier molecular flexibility index (Phi) is 4.56. The van der Waals surface area contributed by atoms with Crippen molar-refractivity contribution in [2.75, 3.05) is 18.0 Å². The second-order valence-electron chi connectivity index (χ2n) is 4.09. The van der Waals surface area contributed by atoms with Crippen LogP contribution in [0.1, 0.15) is 25.5 Å². The number of hydrogen-bond donors (Lipinski definition) is 1. The van der Waals surface area contributed by atoms with Crippen molar-refractivity contribution in [1.82, 2.24) is 0 Å². The van der Waals surface area contributed by atoms with Crippen LogP contribution < -0.4 is 10.6 Å². The largest absolute Gasteiger partial charge is 0.405 e. The average molecular weight is 264 g/mol. The number of rotatable bonds is 4. The Labute approximate surface area is 103 Å². The van der Waals surface area contributed by atoms with Gasteiger partial charge in [-0.2, -0.15) is 13.2 Å². The van der Waals surface area contributed by atoms with Crippen LogP contribution in [0.4, 0.5) is 23.2 Å². The van der Waals surface area contributed by atoms with Gasteiger partial charge in [-0.25, -0.2) is 4.39 Å². The Morgan fingerprint density at radius 2 is 1.94 bits per heavy atom. The Balaban J connectivity index is 3.17. The highest BCUT2D eigenvalue weighted by Gasteiger charge is 2.31. The topological polar surface area (TPSA) is 29.3 Å². The lowest BCUT2D eigenvalue weighted by Crippen LogP contribution is -2.35. The predicted octanol–water partition coefficient (Wildman–Crippen LogP) is 3.23. The normalized spacial score (nSPS) is 13.5. The molecule has 102 valence electrons. The summed E-state index contributed by atoms with van der Waals surface area (Å²) in [6.07, 6.45) is -4.34. The molecule has 0 amide bonds. The SMILES string of the molecule is CCN(CC(F)(F)F)c1cccc(F)c1[C@@H](C)N. The molecular formula is C12H16F4N2. The Bertz CT molecular complexity index is 402. The minimum absolute atomic E-state index is 0.114. The third kappa shape index (κ3) is 3.60. The van der Waals surface area contributed by atoms with Gasteiger partial charge in [0.05, 0.1) is 0 Å². The van der Waals surface area contributed by atoms with E-state index in [4.69, 9.17) is 5.73 Å². The summed E-state index contributed by atoms with van der Waals surface area (Å²) in [4.78, 5) is 1.07. The zero-order chi connectivity index (χ0) is 13.9. The van der Waals surface area contributed by atoms with Gasteiger partial charge in [-0.15, -0.1) is 0 Å². The first kappa shape index (κ1) is 14.8. The molecule has 0 aliphatic carbocycles. The van der Waals surface area contributed by atoms with Gasteiger partial charge in [0.15, 0.2) is 0 Å². The van der Waals surface area contributed by atoms with Crippen molar-refractivity contribution >= 4 is 5.69 Å². The fraction of sp³-hybridized carbons (Fsp3) is 0.500. The van der Waals surface area contributed by atoms with Gasteiger partial charge in [-0.3, -0.25) is 0 Å². The minimum Gasteiger partial charge on any atom is -0.363 e. The molecule has 0 saturated heterocycles. The van der Waals surface area contributed by atoms with Crippen molar-refractivity contribution in [2.45, 2.75) is 26.1 Å². The Hall–Kier alpha value is -1.30. The smallest absolute Gasteiger partial charge is 0.363 e. The number of benzene rings is 1. The van der Waals surface area contributed by atoms with Crippen molar-refractivity contribution < 1.29 is 17.6 Å². The van der Waals surface area contributed by atoms with Crippen LogP contribution in [0, 0.1) is 5.82 Å². The summed E-state index contributed by atoms with van der Waals surface area (Å²) in [5, 5.41) is 0. The van der Waals surface area contributed by atoms with Crippen molar-refractivity contribution in [3.8, 4) is 0 Å². The predicted molar refractivity (Wildman–Crippen MR) is 62.9 cm³/mol. The van der Waals surface area contributed by atoms with Crippen LogP contribution in [0.15, 0.2) is 18.2 Å². The van der Waals surface area contributed by atoms with Gasteiger partial charge in [0.2, 0.25) is 0 Å². The summed E-state index contributed by atoms with van der Waals surface area (Å²) in [6, 6.07) is 3.37. The molecule has 0 fully saturated rings. The fourth-order valence-corrected chi connectivity index (χ4v) is 1.84. The summed E-state index contributed by atoms with van der Waals surface area (Å²) >= 11 is 0. The summed E-state index contributed by atoms with van der Waals surface area (Å²) in [6.45, 7) is 2.14. The van der Waals surface area contributed by atoms with Crippen molar-refractivity contribution in [3.63, 3.8) is 0 Å². The Morgan fingerprint density at radius 1 is 1.33 bits per heavy atom. The van der Waals surface area contributed by atoms with Crippen LogP contribution in [0.2, 0.25) is 0 Å². The van der Waals surface area contributed by atoms with Crippen LogP contribution in [0.3, 0.4) is 0 Å². The lowest BCUT2D eigenvalue weighted by Gasteiger charge is -2.28. The number of hydrogen-bond acceptors (Lipinski definition) is 2. The van der Waals surface area contributed by atoms with Crippen molar-refractivity contribution in [1.29, 1.82) is 0 Å². The third-order valence-electron chi connectivity index (χ3n) is 2.58. The van der Waals surface area contributed by atoms with Crippen LogP contribution in [0.25, 0.3) is 0 Å². The zero-order valence-corrected chi connectivity index (χ0v) is 10.3. The molecule has 0 saturated carbocycles. The van der Waals surface area contributed by atoms with Crippen LogP contribution in [0.5, 0.6) is 0 Å². The van der Waals surface area contributed by atoms with Crippen LogP contribution in [-0.4, -0.2) is 19.3 Å². The molecule has 0 unspecified atom stereocenters. The monoisotopic (exact) mass is 264 g/mol. The molecular weight excluding hydrogens is 248 g/mol. The molecule has 0 heterocycles. The highest BCUT2D eigenvalue weighted by atomic mass is 19.4. The molecule has 1 aromatic carbocycles. The van der Waals surface area contributed by atoms with E-state index in [0.717, 1.165) is 4.90 Å². The first-order valence-electron chi connectivity index (χ1n) is 5.62. The quantitative estimate of drug-likeness (QED) is 0.846. The Morgan fingerprint density at radius 3 is 2.39 bits per heavy atom. The van der Waals surface area contributed by atoms with Crippen LogP contribution >= 0.6 is 0 Å². The first-order valence-corrected chi connectivity index (χ1v) is 5.62. The van der Waals surface area contributed by atoms with E-state index in [1.807, 2.05) is 0 Å². The maximum atomic E-state index is 13.6. The molecule has 6 heteroatoms. The average Bonchev–Trinajstić information content (AvgIpc) is 2.23. The molecule has 0 radical (unpaired) electrons. The molecule has 0 bridgehead atoms. The van der Waals surface area contributed by atoms with E-state index in [-0.39, 0.29) is 17.8 Å². The van der Waals surface area contributed by atoms with E-state index >= 15 is 0 Å². The number of anilines is 1. The van der Waals surface area contributed by atoms with E-state index in [0.29, 0.717) is 0 Å². The summed E-state index contributed by atoms with van der Waals surface area (Å²) in [5.74, 6) is -0.580. The van der Waals surface area contributed by atoms with E-state index in [2.05, 4.69) is 0 Å². The molecule has 0 aliphatic rings. The molecule has 1 aromatic rings. The van der Waals surface area contributed by atoms with Gasteiger partial charge < -0.3 is 10.6 Å². The van der Waals surface area contributed by atoms with Crippen molar-refractivity contribution in [2.24, 2.45) is 5.73 Å². The summed E-state index contributed by atoms with van der Waals surface area (Å²) < 4.78 is 51.0. The highest BCUT2D eigenvalue weighted by molar-refractivity contribution is 5.55. The van der Waals surface area contributed by atoms with Gasteiger partial charge in [-0.1, -0.05) is 6.07 Å². The maximum absolute atomic E-state index is 13.6. The lowest BCUT2D eigenvalue weighted by molar-refractivity contribution is -0.119. The molecule has 1 rings (SSSR count). The molecule has 1 atom stereocenters. The van der Waals surface area contributed by atoms with Gasteiger partial charge >= 0.3 is 6.18 Å². The van der Waals surface area contributed by atoms with Gasteiger partial charge in [0.1, 0.15) is 12.4 Å². The molecule has 2 N–H and O–H groups in total. The van der Waals surface area contributed by atoms with E-state index in [9.17, 15) is 17.6 Å². The second-order valence-corrected chi connectivity index (χ2v) is 4.09. The van der Waals surface area contributed by atoms with Gasteiger partial charge in [0, 0.05) is 23.8 Å². The van der Waals surface area contributed by atoms with Crippen molar-refractivity contribution in [3.05, 3.63) is 29.6 Å². The molecule has 0 aromatic heterocycles. The maximum Gasteiger partial charge on any atom is 0.405 e. The molecule has 0 spiro atoms. The zero-order valence-electron chi connectivity index (χ0n) is 10.3. The van der Waals surface area contributed by atoms with Gasteiger partial charge in [-0.05, 0) is 26.0 Å². The van der Waals surface area contributed by atoms with Gasteiger partial charge in [0.25, 0.3) is 0 Å². The summed E-state index contributed by atoms with van der Waals surface area (Å²) in [7, 11) is 0. The molecule has 18 heavy (non-hydrogen) atoms. The summed E-state index contributed by atoms with van der Waals surface area (Å²) in [5.41, 5.74) is 5.94. The highest BCUT2D eigenvalue weighted by Crippen LogP contribution is 2.30. The molecule has 0 aliphatic heterocycles. The fourth-order valence-electron chi connectivity index (χ4n) is 1.84. The van der Waals surface area contributed by atoms with E-state index < -0.39 is 24.6 Å². The number of halogens is 4. The lowest BCUT2D eigenvalue weighted by atomic mass is 10.0. The van der Waals surface area contributed by atoms with Crippen LogP contribution in [-0.2, 0) is 0 Å². The number of nitrogens with two attached hydrogens (primary N) is 1. The number of nitrogens with zero attached hydrogens (tertiary/aromatic N) is 1. The third-order valence-corrected chi connectivity index (χ3v) is 2.58. The second kappa shape index (κ2) is 5.56. The number of alkyl halides is 3. The van der Waals surface area contributed by atoms with E-state index in [1.54, 1.807) is 13.8 Å². The standard InChI is InChI=1S/C12H16F4N2/c1-3-18(7-12(14,15)16)10-6-4-5-9(13)11(10)8(2)17/h4-6,8H,3,7,17H2,1-2H3/t8-/m1/s1. The molecule has 2 nitrogen and oxygen atoms in total. The van der Waals surface area contributed by atoms with E-state index in [1.165, 1.54) is 18.2 Å². The first-order chi connectivity index (χ1) is 8.26.